The number of H-pyrrole nitrogens is 1. The molecule has 1 aliphatic heterocycles. The van der Waals surface area contributed by atoms with Crippen LogP contribution in [0.25, 0.3) is 10.9 Å². The number of carbonyl (C=O) groups excluding carboxylic acids is 2. The molecule has 0 atom stereocenters. The largest absolute Gasteiger partial charge is 0.504 e. The number of carboxylic acid groups (broad SMARTS) is 1. The number of para-hydroxylation sites is 1. The minimum absolute atomic E-state index is 0.00489. The summed E-state index contributed by atoms with van der Waals surface area (Å²) in [7, 11) is -3.73. The molecule has 1 aliphatic rings. The van der Waals surface area contributed by atoms with Crippen LogP contribution in [-0.2, 0) is 20.2 Å². The number of aromatic amines is 1. The number of nitrogens with zero attached hydrogens (tertiary/aromatic N) is 1. The highest BCUT2D eigenvalue weighted by molar-refractivity contribution is 7.89. The molecule has 5 aromatic rings. The molecule has 2 heterocycles. The molecule has 5 N–H and O–H groups in total. The van der Waals surface area contributed by atoms with Gasteiger partial charge in [0.05, 0.1) is 18.1 Å². The van der Waals surface area contributed by atoms with Crippen LogP contribution in [0.3, 0.4) is 0 Å². The third-order valence-corrected chi connectivity index (χ3v) is 14.6. The summed E-state index contributed by atoms with van der Waals surface area (Å²) in [6, 6.07) is 24.0. The molecule has 0 unspecified atom stereocenters. The van der Waals surface area contributed by atoms with Crippen LogP contribution >= 0.6 is 0 Å². The summed E-state index contributed by atoms with van der Waals surface area (Å²) in [6.45, 7) is 7.49. The average Bonchev–Trinajstić information content (AvgIpc) is 3.33. The minimum Gasteiger partial charge on any atom is -0.504 e. The number of anilines is 1. The monoisotopic (exact) mass is 964 g/mol. The van der Waals surface area contributed by atoms with Gasteiger partial charge in [-0.2, -0.15) is 4.31 Å². The first kappa shape index (κ1) is 52.2. The van der Waals surface area contributed by atoms with Gasteiger partial charge >= 0.3 is 5.97 Å². The number of nitrogens with one attached hydrogen (secondary N) is 3. The van der Waals surface area contributed by atoms with Crippen LogP contribution in [0.15, 0.2) is 101 Å². The molecule has 0 aliphatic carbocycles. The van der Waals surface area contributed by atoms with Crippen LogP contribution in [0.2, 0.25) is 0 Å². The summed E-state index contributed by atoms with van der Waals surface area (Å²) in [5.41, 5.74) is 2.49. The van der Waals surface area contributed by atoms with Crippen LogP contribution in [0, 0.1) is 0 Å². The second-order valence-electron chi connectivity index (χ2n) is 18.9. The Morgan fingerprint density at radius 3 is 1.93 bits per heavy atom. The van der Waals surface area contributed by atoms with Crippen LogP contribution < -0.4 is 25.5 Å². The van der Waals surface area contributed by atoms with Gasteiger partial charge in [-0.3, -0.25) is 19.2 Å². The van der Waals surface area contributed by atoms with Crippen molar-refractivity contribution in [1.82, 2.24) is 14.6 Å². The third-order valence-electron chi connectivity index (χ3n) is 12.7. The predicted molar refractivity (Wildman–Crippen MR) is 269 cm³/mol. The van der Waals surface area contributed by atoms with Gasteiger partial charge < -0.3 is 35.3 Å². The average molecular weight is 965 g/mol. The first-order chi connectivity index (χ1) is 33.1. The standard InChI is InChI=1S/C54H68N4O10S/c1-54(2,3)45-34-49(48(59)35-47(45)57-53(64)44-36-55-46-19-15-14-18-43(46)51(44)62)68-33-17-13-11-9-7-5-4-6-8-10-12-16-32-67-41-24-20-38(21-25-41)39-28-30-58(31-29-39)69(65,66)42-26-22-40(23-27-42)52(63)56-37-50(60)61/h14-15,18-27,34-36,39,59H,4-13,16-17,28-33,37H2,1-3H3,(H,55,62)(H,56,63)(H,57,64)(H,60,61). The Morgan fingerprint density at radius 1 is 0.754 bits per heavy atom. The number of ether oxygens (including phenoxy) is 2. The smallest absolute Gasteiger partial charge is 0.322 e. The highest BCUT2D eigenvalue weighted by Gasteiger charge is 2.30. The lowest BCUT2D eigenvalue weighted by Crippen LogP contribution is -2.37. The molecule has 4 aromatic carbocycles. The maximum Gasteiger partial charge on any atom is 0.322 e. The van der Waals surface area contributed by atoms with E-state index in [2.05, 4.69) is 27.8 Å². The number of phenols is 1. The number of piperidine rings is 1. The number of rotatable bonds is 25. The number of pyridine rings is 1. The summed E-state index contributed by atoms with van der Waals surface area (Å²) in [5.74, 6) is -0.892. The van der Waals surface area contributed by atoms with Crippen molar-refractivity contribution < 1.29 is 42.5 Å². The summed E-state index contributed by atoms with van der Waals surface area (Å²) in [5, 5.41) is 25.2. The minimum atomic E-state index is -3.73. The lowest BCUT2D eigenvalue weighted by Gasteiger charge is -2.31. The number of carboxylic acids is 1. The molecule has 0 bridgehead atoms. The maximum absolute atomic E-state index is 13.3. The molecule has 69 heavy (non-hydrogen) atoms. The summed E-state index contributed by atoms with van der Waals surface area (Å²) < 4.78 is 40.1. The van der Waals surface area contributed by atoms with Crippen molar-refractivity contribution in [3.8, 4) is 17.2 Å². The van der Waals surface area contributed by atoms with E-state index in [9.17, 15) is 32.7 Å². The fourth-order valence-electron chi connectivity index (χ4n) is 8.73. The third kappa shape index (κ3) is 14.9. The quantitative estimate of drug-likeness (QED) is 0.0350. The first-order valence-electron chi connectivity index (χ1n) is 24.4. The number of aromatic nitrogens is 1. The van der Waals surface area contributed by atoms with Gasteiger partial charge in [-0.1, -0.05) is 109 Å². The molecule has 0 spiro atoms. The molecule has 1 fully saturated rings. The van der Waals surface area contributed by atoms with Gasteiger partial charge in [0, 0.05) is 47.5 Å². The Kier molecular flexibility index (Phi) is 18.8. The number of carbonyl (C=O) groups is 3. The van der Waals surface area contributed by atoms with Gasteiger partial charge in [-0.25, -0.2) is 8.42 Å². The molecule has 14 nitrogen and oxygen atoms in total. The zero-order valence-electron chi connectivity index (χ0n) is 40.2. The molecule has 1 saturated heterocycles. The highest BCUT2D eigenvalue weighted by Crippen LogP contribution is 2.39. The molecular formula is C54H68N4O10S. The van der Waals surface area contributed by atoms with Gasteiger partial charge in [-0.15, -0.1) is 0 Å². The van der Waals surface area contributed by atoms with E-state index in [0.717, 1.165) is 43.4 Å². The molecule has 0 saturated carbocycles. The van der Waals surface area contributed by atoms with Crippen molar-refractivity contribution in [1.29, 1.82) is 0 Å². The first-order valence-corrected chi connectivity index (χ1v) is 25.8. The zero-order chi connectivity index (χ0) is 49.4. The topological polar surface area (TPSA) is 204 Å². The van der Waals surface area contributed by atoms with E-state index in [1.165, 1.54) is 91.3 Å². The van der Waals surface area contributed by atoms with Gasteiger partial charge in [0.1, 0.15) is 17.9 Å². The maximum atomic E-state index is 13.3. The fraction of sp³-hybridized carbons (Fsp3) is 0.444. The predicted octanol–water partition coefficient (Wildman–Crippen LogP) is 10.3. The molecule has 370 valence electrons. The van der Waals surface area contributed by atoms with Crippen molar-refractivity contribution in [2.75, 3.05) is 38.2 Å². The van der Waals surface area contributed by atoms with E-state index in [4.69, 9.17) is 14.6 Å². The Hall–Kier alpha value is -6.19. The second kappa shape index (κ2) is 24.9. The van der Waals surface area contributed by atoms with Crippen LogP contribution in [0.1, 0.15) is 148 Å². The number of sulfonamides is 1. The van der Waals surface area contributed by atoms with E-state index in [1.807, 2.05) is 39.0 Å². The number of aliphatic carboxylic acids is 1. The zero-order valence-corrected chi connectivity index (χ0v) is 41.0. The van der Waals surface area contributed by atoms with Gasteiger partial charge in [0.2, 0.25) is 15.5 Å². The van der Waals surface area contributed by atoms with E-state index >= 15 is 0 Å². The Morgan fingerprint density at radius 2 is 1.33 bits per heavy atom. The summed E-state index contributed by atoms with van der Waals surface area (Å²) in [4.78, 5) is 52.2. The van der Waals surface area contributed by atoms with Crippen LogP contribution in [-0.4, -0.2) is 78.6 Å². The van der Waals surface area contributed by atoms with Gasteiger partial charge in [-0.05, 0) is 103 Å². The molecular weight excluding hydrogens is 897 g/mol. The van der Waals surface area contributed by atoms with E-state index in [-0.39, 0.29) is 38.5 Å². The van der Waals surface area contributed by atoms with Crippen molar-refractivity contribution in [2.45, 2.75) is 127 Å². The van der Waals surface area contributed by atoms with Crippen molar-refractivity contribution in [3.05, 3.63) is 124 Å². The molecule has 15 heteroatoms. The van der Waals surface area contributed by atoms with Crippen LogP contribution in [0.5, 0.6) is 17.2 Å². The Balaban J connectivity index is 0.777. The number of benzene rings is 4. The van der Waals surface area contributed by atoms with Crippen molar-refractivity contribution >= 4 is 44.4 Å². The normalized spacial score (nSPS) is 13.6. The number of aromatic hydroxyl groups is 1. The Labute approximate surface area is 405 Å². The number of hydrogen-bond donors (Lipinski definition) is 5. The molecule has 0 radical (unpaired) electrons. The van der Waals surface area contributed by atoms with Crippen molar-refractivity contribution in [2.24, 2.45) is 0 Å². The lowest BCUT2D eigenvalue weighted by atomic mass is 9.85. The highest BCUT2D eigenvalue weighted by atomic mass is 32.2. The number of hydrogen-bond acceptors (Lipinski definition) is 9. The lowest BCUT2D eigenvalue weighted by molar-refractivity contribution is -0.135. The van der Waals surface area contributed by atoms with E-state index in [1.54, 1.807) is 24.3 Å². The van der Waals surface area contributed by atoms with Gasteiger partial charge in [0.15, 0.2) is 11.5 Å². The van der Waals surface area contributed by atoms with E-state index in [0.29, 0.717) is 61.5 Å². The molecule has 2 amide bonds. The van der Waals surface area contributed by atoms with Crippen LogP contribution in [0.4, 0.5) is 5.69 Å². The fourth-order valence-corrected chi connectivity index (χ4v) is 10.2. The number of amides is 2. The Bertz CT molecular complexity index is 2670. The summed E-state index contributed by atoms with van der Waals surface area (Å²) >= 11 is 0. The molecule has 6 rings (SSSR count). The number of fused-ring (bicyclic) bond motifs is 1. The second-order valence-corrected chi connectivity index (χ2v) is 20.9. The van der Waals surface area contributed by atoms with Crippen molar-refractivity contribution in [3.63, 3.8) is 0 Å². The SMILES string of the molecule is CC(C)(C)c1cc(OCCCCCCCCCCCCCCOc2ccc(C3CCN(S(=O)(=O)c4ccc(C(=O)NCC(=O)O)cc4)CC3)cc2)c(O)cc1NC(=O)c1c[nH]c2ccccc2c1=O. The van der Waals surface area contributed by atoms with Gasteiger partial charge in [0.25, 0.3) is 11.8 Å². The summed E-state index contributed by atoms with van der Waals surface area (Å²) in [6.07, 6.45) is 16.6. The molecule has 1 aromatic heterocycles. The number of unbranched alkanes of at least 4 members (excludes halogenated alkanes) is 11. The number of phenolic OH excluding ortho intramolecular Hbond substituents is 1. The van der Waals surface area contributed by atoms with E-state index < -0.39 is 34.4 Å².